The molecule has 0 aliphatic rings. The number of hydrogen-bond acceptors (Lipinski definition) is 4. The third-order valence-electron chi connectivity index (χ3n) is 4.48. The number of rotatable bonds is 8. The molecule has 0 aliphatic heterocycles. The monoisotopic (exact) mass is 398 g/mol. The maximum absolute atomic E-state index is 12.4. The summed E-state index contributed by atoms with van der Waals surface area (Å²) in [4.78, 5) is 24.6. The Morgan fingerprint density at radius 1 is 1.00 bits per heavy atom. The van der Waals surface area contributed by atoms with Gasteiger partial charge in [-0.2, -0.15) is 0 Å². The van der Waals surface area contributed by atoms with Crippen LogP contribution in [-0.4, -0.2) is 38.1 Å². The predicted molar refractivity (Wildman–Crippen MR) is 114 cm³/mol. The van der Waals surface area contributed by atoms with Gasteiger partial charge in [-0.25, -0.2) is 0 Å². The van der Waals surface area contributed by atoms with Gasteiger partial charge in [0.2, 0.25) is 5.91 Å². The summed E-state index contributed by atoms with van der Waals surface area (Å²) in [7, 11) is 1.57. The van der Waals surface area contributed by atoms with Crippen LogP contribution in [0.3, 0.4) is 0 Å². The van der Waals surface area contributed by atoms with Crippen molar-refractivity contribution in [1.29, 1.82) is 0 Å². The molecule has 2 amide bonds. The Kier molecular flexibility index (Phi) is 7.65. The van der Waals surface area contributed by atoms with Crippen molar-refractivity contribution in [2.75, 3.05) is 20.3 Å². The van der Waals surface area contributed by atoms with Crippen LogP contribution in [0, 0.1) is 0 Å². The first-order valence-electron chi connectivity index (χ1n) is 9.67. The Morgan fingerprint density at radius 3 is 2.21 bits per heavy atom. The van der Waals surface area contributed by atoms with E-state index in [9.17, 15) is 9.59 Å². The maximum Gasteiger partial charge on any atom is 0.251 e. The number of para-hydroxylation sites is 2. The molecule has 0 fully saturated rings. The van der Waals surface area contributed by atoms with Crippen molar-refractivity contribution in [3.63, 3.8) is 0 Å². The van der Waals surface area contributed by atoms with E-state index < -0.39 is 6.04 Å². The number of ether oxygens (including phenoxy) is 2. The van der Waals surface area contributed by atoms with Crippen LogP contribution < -0.4 is 20.1 Å². The molecule has 2 aromatic carbocycles. The van der Waals surface area contributed by atoms with Crippen molar-refractivity contribution in [3.8, 4) is 11.5 Å². The van der Waals surface area contributed by atoms with Gasteiger partial charge in [0.25, 0.3) is 5.91 Å². The number of hydrogen-bond donors (Lipinski definition) is 2. The lowest BCUT2D eigenvalue weighted by Crippen LogP contribution is -2.45. The second kappa shape index (κ2) is 9.96. The van der Waals surface area contributed by atoms with Crippen LogP contribution in [0.4, 0.5) is 0 Å². The zero-order valence-corrected chi connectivity index (χ0v) is 17.7. The molecular weight excluding hydrogens is 368 g/mol. The van der Waals surface area contributed by atoms with Crippen LogP contribution in [-0.2, 0) is 10.2 Å². The standard InChI is InChI=1S/C23H30N2O4/c1-16(25-22(27)17-10-12-18(13-11-17)23(2,3)4)21(26)24-14-15-29-20-9-7-6-8-19(20)28-5/h6-13,16H,14-15H2,1-5H3,(H,24,26)(H,25,27). The van der Waals surface area contributed by atoms with Gasteiger partial charge in [-0.05, 0) is 42.2 Å². The number of amides is 2. The third-order valence-corrected chi connectivity index (χ3v) is 4.48. The van der Waals surface area contributed by atoms with Gasteiger partial charge in [0.05, 0.1) is 13.7 Å². The van der Waals surface area contributed by atoms with Gasteiger partial charge in [0.1, 0.15) is 12.6 Å². The van der Waals surface area contributed by atoms with Crippen LogP contribution in [0.5, 0.6) is 11.5 Å². The lowest BCUT2D eigenvalue weighted by Gasteiger charge is -2.19. The quantitative estimate of drug-likeness (QED) is 0.669. The molecule has 0 heterocycles. The summed E-state index contributed by atoms with van der Waals surface area (Å²) in [5.41, 5.74) is 1.70. The van der Waals surface area contributed by atoms with Gasteiger partial charge in [-0.1, -0.05) is 45.0 Å². The highest BCUT2D eigenvalue weighted by molar-refractivity contribution is 5.97. The van der Waals surface area contributed by atoms with E-state index in [0.29, 0.717) is 30.2 Å². The summed E-state index contributed by atoms with van der Waals surface area (Å²) in [5.74, 6) is 0.702. The first kappa shape index (κ1) is 22.3. The minimum absolute atomic E-state index is 0.0218. The normalized spacial score (nSPS) is 12.0. The van der Waals surface area contributed by atoms with Crippen LogP contribution in [0.25, 0.3) is 0 Å². The highest BCUT2D eigenvalue weighted by atomic mass is 16.5. The van der Waals surface area contributed by atoms with Crippen LogP contribution in [0.2, 0.25) is 0 Å². The Hall–Kier alpha value is -3.02. The Labute approximate surface area is 172 Å². The second-order valence-corrected chi connectivity index (χ2v) is 7.81. The molecule has 29 heavy (non-hydrogen) atoms. The zero-order chi connectivity index (χ0) is 21.4. The number of carbonyl (C=O) groups is 2. The van der Waals surface area contributed by atoms with Crippen LogP contribution >= 0.6 is 0 Å². The van der Waals surface area contributed by atoms with Gasteiger partial charge in [0, 0.05) is 5.56 Å². The summed E-state index contributed by atoms with van der Waals surface area (Å²) in [6.07, 6.45) is 0. The van der Waals surface area contributed by atoms with Crippen LogP contribution in [0.15, 0.2) is 48.5 Å². The molecule has 2 aromatic rings. The van der Waals surface area contributed by atoms with Gasteiger partial charge in [0.15, 0.2) is 11.5 Å². The van der Waals surface area contributed by atoms with E-state index in [-0.39, 0.29) is 17.2 Å². The van der Waals surface area contributed by atoms with Gasteiger partial charge in [-0.3, -0.25) is 9.59 Å². The molecule has 0 saturated heterocycles. The highest BCUT2D eigenvalue weighted by Gasteiger charge is 2.18. The van der Waals surface area contributed by atoms with Gasteiger partial charge < -0.3 is 20.1 Å². The molecule has 156 valence electrons. The summed E-state index contributed by atoms with van der Waals surface area (Å²) < 4.78 is 10.8. The van der Waals surface area contributed by atoms with Crippen molar-refractivity contribution >= 4 is 11.8 Å². The fourth-order valence-electron chi connectivity index (χ4n) is 2.69. The lowest BCUT2D eigenvalue weighted by atomic mass is 9.86. The van der Waals surface area contributed by atoms with E-state index in [0.717, 1.165) is 5.56 Å². The predicted octanol–water partition coefficient (Wildman–Crippen LogP) is 3.31. The molecule has 0 bridgehead atoms. The number of carbonyl (C=O) groups excluding carboxylic acids is 2. The average molecular weight is 399 g/mol. The molecule has 0 saturated carbocycles. The summed E-state index contributed by atoms with van der Waals surface area (Å²) in [5, 5.41) is 5.48. The fourth-order valence-corrected chi connectivity index (χ4v) is 2.69. The second-order valence-electron chi connectivity index (χ2n) is 7.81. The molecule has 2 rings (SSSR count). The van der Waals surface area contributed by atoms with E-state index >= 15 is 0 Å². The van der Waals surface area contributed by atoms with Crippen molar-refractivity contribution in [3.05, 3.63) is 59.7 Å². The third kappa shape index (κ3) is 6.52. The van der Waals surface area contributed by atoms with E-state index in [1.807, 2.05) is 24.3 Å². The molecule has 6 nitrogen and oxygen atoms in total. The van der Waals surface area contributed by atoms with E-state index in [1.165, 1.54) is 0 Å². The Balaban J connectivity index is 1.79. The van der Waals surface area contributed by atoms with Crippen LogP contribution in [0.1, 0.15) is 43.6 Å². The molecule has 0 radical (unpaired) electrons. The molecular formula is C23H30N2O4. The van der Waals surface area contributed by atoms with Crippen molar-refractivity contribution in [1.82, 2.24) is 10.6 Å². The summed E-state index contributed by atoms with van der Waals surface area (Å²) >= 11 is 0. The van der Waals surface area contributed by atoms with Crippen molar-refractivity contribution < 1.29 is 19.1 Å². The van der Waals surface area contributed by atoms with Gasteiger partial charge >= 0.3 is 0 Å². The maximum atomic E-state index is 12.4. The number of nitrogens with one attached hydrogen (secondary N) is 2. The van der Waals surface area contributed by atoms with Gasteiger partial charge in [-0.15, -0.1) is 0 Å². The minimum atomic E-state index is -0.656. The Bertz CT molecular complexity index is 826. The molecule has 1 unspecified atom stereocenters. The zero-order valence-electron chi connectivity index (χ0n) is 17.7. The SMILES string of the molecule is COc1ccccc1OCCNC(=O)C(C)NC(=O)c1ccc(C(C)(C)C)cc1. The molecule has 0 spiro atoms. The van der Waals surface area contributed by atoms with E-state index in [4.69, 9.17) is 9.47 Å². The highest BCUT2D eigenvalue weighted by Crippen LogP contribution is 2.25. The number of methoxy groups -OCH3 is 1. The van der Waals surface area contributed by atoms with Crippen molar-refractivity contribution in [2.45, 2.75) is 39.2 Å². The molecule has 1 atom stereocenters. The lowest BCUT2D eigenvalue weighted by molar-refractivity contribution is -0.122. The summed E-state index contributed by atoms with van der Waals surface area (Å²) in [6, 6.07) is 14.1. The average Bonchev–Trinajstić information content (AvgIpc) is 2.70. The van der Waals surface area contributed by atoms with Crippen molar-refractivity contribution in [2.24, 2.45) is 0 Å². The Morgan fingerprint density at radius 2 is 1.62 bits per heavy atom. The summed E-state index contributed by atoms with van der Waals surface area (Å²) in [6.45, 7) is 8.61. The number of benzene rings is 2. The minimum Gasteiger partial charge on any atom is -0.493 e. The van der Waals surface area contributed by atoms with E-state index in [2.05, 4.69) is 31.4 Å². The molecule has 0 aromatic heterocycles. The largest absolute Gasteiger partial charge is 0.493 e. The smallest absolute Gasteiger partial charge is 0.251 e. The van der Waals surface area contributed by atoms with E-state index in [1.54, 1.807) is 38.3 Å². The fraction of sp³-hybridized carbons (Fsp3) is 0.391. The molecule has 6 heteroatoms. The molecule has 2 N–H and O–H groups in total. The first-order chi connectivity index (χ1) is 13.7. The first-order valence-corrected chi connectivity index (χ1v) is 9.67. The molecule has 0 aliphatic carbocycles. The topological polar surface area (TPSA) is 76.7 Å².